The Morgan fingerprint density at radius 3 is 1.57 bits per heavy atom. The quantitative estimate of drug-likeness (QED) is 0.228. The number of ether oxygens (including phenoxy) is 2. The number of aryl methyl sites for hydroxylation is 1. The van der Waals surface area contributed by atoms with E-state index in [2.05, 4.69) is 0 Å². The van der Waals surface area contributed by atoms with Crippen LogP contribution in [-0.4, -0.2) is 17.3 Å². The van der Waals surface area contributed by atoms with Crippen molar-refractivity contribution < 1.29 is 23.9 Å². The summed E-state index contributed by atoms with van der Waals surface area (Å²) in [5, 5.41) is 0. The third-order valence-corrected chi connectivity index (χ3v) is 5.93. The number of carbonyl (C=O) groups is 3. The molecule has 0 amide bonds. The molecule has 0 bridgehead atoms. The van der Waals surface area contributed by atoms with Crippen LogP contribution in [0, 0.1) is 6.92 Å². The van der Waals surface area contributed by atoms with Crippen molar-refractivity contribution >= 4 is 17.3 Å². The van der Waals surface area contributed by atoms with Gasteiger partial charge in [0, 0.05) is 22.3 Å². The number of hydrogen-bond donors (Lipinski definition) is 0. The molecule has 0 heterocycles. The largest absolute Gasteiger partial charge is 0.489 e. The van der Waals surface area contributed by atoms with Gasteiger partial charge in [-0.25, -0.2) is 0 Å². The number of Topliss-reactive ketones (excluding diaryl/α,β-unsaturated/α-hetero) is 2. The predicted octanol–water partition coefficient (Wildman–Crippen LogP) is 6.79. The lowest BCUT2D eigenvalue weighted by Gasteiger charge is -2.10. The van der Waals surface area contributed by atoms with Crippen LogP contribution in [0.1, 0.15) is 67.2 Å². The van der Waals surface area contributed by atoms with Crippen LogP contribution in [0.2, 0.25) is 0 Å². The molecule has 0 fully saturated rings. The number of rotatable bonds is 10. The maximum atomic E-state index is 13.2. The van der Waals surface area contributed by atoms with Gasteiger partial charge in [-0.1, -0.05) is 48.5 Å². The van der Waals surface area contributed by atoms with E-state index in [1.165, 1.54) is 32.0 Å². The van der Waals surface area contributed by atoms with Gasteiger partial charge in [0.2, 0.25) is 0 Å². The SMILES string of the molecule is CC(=O)c1cc(C(C)=O)cc(C(=O)c2cccc(OCc3ccc(COc4cccc(C)c4)cc3)c2)c1. The minimum atomic E-state index is -0.283. The summed E-state index contributed by atoms with van der Waals surface area (Å²) in [6.07, 6.45) is 0. The fourth-order valence-electron chi connectivity index (χ4n) is 3.83. The molecule has 0 radical (unpaired) electrons. The van der Waals surface area contributed by atoms with Gasteiger partial charge in [-0.2, -0.15) is 0 Å². The van der Waals surface area contributed by atoms with Crippen molar-refractivity contribution in [2.24, 2.45) is 0 Å². The third kappa shape index (κ3) is 6.79. The Balaban J connectivity index is 1.40. The van der Waals surface area contributed by atoms with Gasteiger partial charge in [-0.15, -0.1) is 0 Å². The molecule has 4 aromatic rings. The normalized spacial score (nSPS) is 10.6. The number of ketones is 3. The summed E-state index contributed by atoms with van der Waals surface area (Å²) in [6.45, 7) is 5.66. The second-order valence-corrected chi connectivity index (χ2v) is 8.98. The zero-order chi connectivity index (χ0) is 26.4. The maximum Gasteiger partial charge on any atom is 0.193 e. The minimum Gasteiger partial charge on any atom is -0.489 e. The van der Waals surface area contributed by atoms with Gasteiger partial charge < -0.3 is 9.47 Å². The molecular weight excluding hydrogens is 464 g/mol. The second-order valence-electron chi connectivity index (χ2n) is 8.98. The van der Waals surface area contributed by atoms with Crippen molar-refractivity contribution in [3.05, 3.63) is 130 Å². The molecule has 0 spiro atoms. The molecule has 0 aliphatic rings. The lowest BCUT2D eigenvalue weighted by atomic mass is 9.96. The van der Waals surface area contributed by atoms with Crippen molar-refractivity contribution in [2.45, 2.75) is 34.0 Å². The summed E-state index contributed by atoms with van der Waals surface area (Å²) < 4.78 is 11.8. The highest BCUT2D eigenvalue weighted by molar-refractivity contribution is 6.12. The van der Waals surface area contributed by atoms with E-state index in [0.717, 1.165) is 22.4 Å². The molecular formula is C32H28O5. The average Bonchev–Trinajstić information content (AvgIpc) is 2.90. The Bertz CT molecular complexity index is 1420. The Hall–Kier alpha value is -4.51. The molecule has 0 saturated carbocycles. The summed E-state index contributed by atoms with van der Waals surface area (Å²) in [5.74, 6) is 0.692. The van der Waals surface area contributed by atoms with Crippen LogP contribution in [0.5, 0.6) is 11.5 Å². The lowest BCUT2D eigenvalue weighted by Crippen LogP contribution is -2.07. The molecule has 0 aliphatic carbocycles. The van der Waals surface area contributed by atoms with E-state index < -0.39 is 0 Å². The van der Waals surface area contributed by atoms with Crippen molar-refractivity contribution in [3.8, 4) is 11.5 Å². The fourth-order valence-corrected chi connectivity index (χ4v) is 3.83. The van der Waals surface area contributed by atoms with E-state index in [1.54, 1.807) is 24.3 Å². The average molecular weight is 493 g/mol. The number of hydrogen-bond acceptors (Lipinski definition) is 5. The van der Waals surface area contributed by atoms with E-state index >= 15 is 0 Å². The first-order valence-corrected chi connectivity index (χ1v) is 12.0. The molecule has 5 heteroatoms. The molecule has 0 saturated heterocycles. The molecule has 0 aromatic heterocycles. The monoisotopic (exact) mass is 492 g/mol. The van der Waals surface area contributed by atoms with Crippen LogP contribution < -0.4 is 9.47 Å². The van der Waals surface area contributed by atoms with Crippen molar-refractivity contribution in [2.75, 3.05) is 0 Å². The summed E-state index contributed by atoms with van der Waals surface area (Å²) >= 11 is 0. The Morgan fingerprint density at radius 1 is 0.568 bits per heavy atom. The zero-order valence-electron chi connectivity index (χ0n) is 21.1. The van der Waals surface area contributed by atoms with E-state index in [9.17, 15) is 14.4 Å². The molecule has 37 heavy (non-hydrogen) atoms. The maximum absolute atomic E-state index is 13.2. The van der Waals surface area contributed by atoms with Crippen LogP contribution in [0.15, 0.2) is 91.0 Å². The summed E-state index contributed by atoms with van der Waals surface area (Å²) in [6, 6.07) is 27.4. The molecule has 0 unspecified atom stereocenters. The van der Waals surface area contributed by atoms with Crippen molar-refractivity contribution in [1.29, 1.82) is 0 Å². The zero-order valence-corrected chi connectivity index (χ0v) is 21.1. The molecule has 4 rings (SSSR count). The molecule has 0 N–H and O–H groups in total. The molecule has 186 valence electrons. The Labute approximate surface area is 216 Å². The molecule has 5 nitrogen and oxygen atoms in total. The first-order chi connectivity index (χ1) is 17.8. The predicted molar refractivity (Wildman–Crippen MR) is 143 cm³/mol. The van der Waals surface area contributed by atoms with Crippen LogP contribution in [-0.2, 0) is 13.2 Å². The van der Waals surface area contributed by atoms with Crippen LogP contribution in [0.3, 0.4) is 0 Å². The van der Waals surface area contributed by atoms with Gasteiger partial charge in [-0.3, -0.25) is 14.4 Å². The van der Waals surface area contributed by atoms with E-state index in [1.807, 2.05) is 55.5 Å². The smallest absolute Gasteiger partial charge is 0.193 e. The van der Waals surface area contributed by atoms with Gasteiger partial charge in [0.15, 0.2) is 17.3 Å². The van der Waals surface area contributed by atoms with Gasteiger partial charge in [0.1, 0.15) is 24.7 Å². The molecule has 0 aliphatic heterocycles. The highest BCUT2D eigenvalue weighted by Crippen LogP contribution is 2.21. The Kier molecular flexibility index (Phi) is 7.94. The number of carbonyl (C=O) groups excluding carboxylic acids is 3. The topological polar surface area (TPSA) is 69.7 Å². The lowest BCUT2D eigenvalue weighted by molar-refractivity contribution is 0.101. The minimum absolute atomic E-state index is 0.207. The first kappa shape index (κ1) is 25.6. The summed E-state index contributed by atoms with van der Waals surface area (Å²) in [5.41, 5.74) is 4.55. The van der Waals surface area contributed by atoms with E-state index in [0.29, 0.717) is 41.2 Å². The summed E-state index contributed by atoms with van der Waals surface area (Å²) in [4.78, 5) is 36.9. The standard InChI is InChI=1S/C32H28O5/c1-21-6-4-8-30(14-21)36-19-24-10-12-25(13-11-24)20-37-31-9-5-7-26(18-31)32(35)29-16-27(22(2)33)15-28(17-29)23(3)34/h4-18H,19-20H2,1-3H3. The van der Waals surface area contributed by atoms with Crippen molar-refractivity contribution in [1.82, 2.24) is 0 Å². The highest BCUT2D eigenvalue weighted by Gasteiger charge is 2.15. The third-order valence-electron chi connectivity index (χ3n) is 5.93. The highest BCUT2D eigenvalue weighted by atomic mass is 16.5. The van der Waals surface area contributed by atoms with Crippen molar-refractivity contribution in [3.63, 3.8) is 0 Å². The first-order valence-electron chi connectivity index (χ1n) is 12.0. The Morgan fingerprint density at radius 2 is 1.05 bits per heavy atom. The van der Waals surface area contributed by atoms with Gasteiger partial charge in [0.05, 0.1) is 0 Å². The van der Waals surface area contributed by atoms with Gasteiger partial charge in [-0.05, 0) is 79.9 Å². The fraction of sp³-hybridized carbons (Fsp3) is 0.156. The van der Waals surface area contributed by atoms with Gasteiger partial charge in [0.25, 0.3) is 0 Å². The molecule has 0 atom stereocenters. The van der Waals surface area contributed by atoms with Crippen LogP contribution in [0.4, 0.5) is 0 Å². The second kappa shape index (κ2) is 11.5. The molecule has 4 aromatic carbocycles. The van der Waals surface area contributed by atoms with E-state index in [-0.39, 0.29) is 17.3 Å². The van der Waals surface area contributed by atoms with Gasteiger partial charge >= 0.3 is 0 Å². The van der Waals surface area contributed by atoms with Crippen LogP contribution in [0.25, 0.3) is 0 Å². The number of benzene rings is 4. The van der Waals surface area contributed by atoms with Crippen LogP contribution >= 0.6 is 0 Å². The van der Waals surface area contributed by atoms with E-state index in [4.69, 9.17) is 9.47 Å². The summed E-state index contributed by atoms with van der Waals surface area (Å²) in [7, 11) is 0.